The highest BCUT2D eigenvalue weighted by atomic mass is 35.5. The van der Waals surface area contributed by atoms with Crippen molar-refractivity contribution in [3.8, 4) is 5.75 Å². The number of likely N-dealkylation sites (N-methyl/N-ethyl adjacent to an activating group) is 1. The topological polar surface area (TPSA) is 60.5 Å². The van der Waals surface area contributed by atoms with E-state index < -0.39 is 0 Å². The van der Waals surface area contributed by atoms with Crippen molar-refractivity contribution in [2.45, 2.75) is 19.7 Å². The van der Waals surface area contributed by atoms with Gasteiger partial charge < -0.3 is 18.6 Å². The van der Waals surface area contributed by atoms with Crippen LogP contribution in [-0.4, -0.2) is 27.4 Å². The van der Waals surface area contributed by atoms with E-state index in [0.29, 0.717) is 23.1 Å². The molecule has 4 rings (SSSR count). The fraction of sp³-hybridized carbons (Fsp3) is 0.182. The van der Waals surface area contributed by atoms with Gasteiger partial charge in [0.2, 0.25) is 5.91 Å². The molecule has 0 N–H and O–H groups in total. The van der Waals surface area contributed by atoms with Crippen LogP contribution < -0.4 is 4.74 Å². The molecule has 29 heavy (non-hydrogen) atoms. The second-order valence-electron chi connectivity index (χ2n) is 6.67. The summed E-state index contributed by atoms with van der Waals surface area (Å²) >= 11 is 5.92. The second-order valence-corrected chi connectivity index (χ2v) is 7.11. The van der Waals surface area contributed by atoms with Crippen molar-refractivity contribution in [3.63, 3.8) is 0 Å². The van der Waals surface area contributed by atoms with Crippen LogP contribution in [0.4, 0.5) is 0 Å². The van der Waals surface area contributed by atoms with Crippen molar-refractivity contribution in [2.24, 2.45) is 0 Å². The molecule has 1 amide bonds. The van der Waals surface area contributed by atoms with E-state index in [0.717, 1.165) is 16.8 Å². The highest BCUT2D eigenvalue weighted by Crippen LogP contribution is 2.20. The largest absolute Gasteiger partial charge is 0.486 e. The lowest BCUT2D eigenvalue weighted by molar-refractivity contribution is -0.131. The number of ether oxygens (including phenoxy) is 1. The van der Waals surface area contributed by atoms with Crippen LogP contribution in [0.5, 0.6) is 5.75 Å². The number of nitrogens with zero attached hydrogens (tertiary/aromatic N) is 3. The van der Waals surface area contributed by atoms with Crippen LogP contribution in [0.2, 0.25) is 5.02 Å². The first-order valence-corrected chi connectivity index (χ1v) is 9.57. The van der Waals surface area contributed by atoms with Crippen molar-refractivity contribution in [3.05, 3.63) is 83.5 Å². The standard InChI is InChI=1S/C22H20ClN3O3/c1-25(13-18-5-4-12-28-18)22(27)14-26-20-7-3-2-6-19(20)24-21(26)15-29-17-10-8-16(23)9-11-17/h2-12H,13-15H2,1H3. The minimum absolute atomic E-state index is 0.0442. The van der Waals surface area contributed by atoms with E-state index in [9.17, 15) is 4.79 Å². The third-order valence-corrected chi connectivity index (χ3v) is 4.86. The number of halogens is 1. The summed E-state index contributed by atoms with van der Waals surface area (Å²) in [6.45, 7) is 0.817. The molecule has 7 heteroatoms. The Bertz CT molecular complexity index is 1100. The number of carbonyl (C=O) groups excluding carboxylic acids is 1. The molecule has 148 valence electrons. The van der Waals surface area contributed by atoms with Gasteiger partial charge in [-0.3, -0.25) is 4.79 Å². The first-order chi connectivity index (χ1) is 14.1. The van der Waals surface area contributed by atoms with Crippen LogP contribution in [0.25, 0.3) is 11.0 Å². The third kappa shape index (κ3) is 4.43. The van der Waals surface area contributed by atoms with Crippen molar-refractivity contribution in [1.29, 1.82) is 0 Å². The Morgan fingerprint density at radius 2 is 1.93 bits per heavy atom. The summed E-state index contributed by atoms with van der Waals surface area (Å²) in [6.07, 6.45) is 1.60. The summed E-state index contributed by atoms with van der Waals surface area (Å²) in [6, 6.07) is 18.5. The highest BCUT2D eigenvalue weighted by Gasteiger charge is 2.17. The van der Waals surface area contributed by atoms with Gasteiger partial charge in [0.25, 0.3) is 0 Å². The van der Waals surface area contributed by atoms with Gasteiger partial charge in [0.15, 0.2) is 0 Å². The van der Waals surface area contributed by atoms with Gasteiger partial charge in [0, 0.05) is 12.1 Å². The van der Waals surface area contributed by atoms with E-state index in [1.54, 1.807) is 42.5 Å². The zero-order valence-corrected chi connectivity index (χ0v) is 16.7. The number of rotatable bonds is 7. The minimum atomic E-state index is -0.0442. The molecule has 2 aromatic heterocycles. The van der Waals surface area contributed by atoms with Crippen molar-refractivity contribution in [2.75, 3.05) is 7.05 Å². The molecular weight excluding hydrogens is 390 g/mol. The number of hydrogen-bond acceptors (Lipinski definition) is 4. The number of fused-ring (bicyclic) bond motifs is 1. The maximum atomic E-state index is 12.8. The fourth-order valence-electron chi connectivity index (χ4n) is 3.07. The number of benzene rings is 2. The molecule has 0 radical (unpaired) electrons. The van der Waals surface area contributed by atoms with Gasteiger partial charge in [-0.2, -0.15) is 0 Å². The predicted octanol–water partition coefficient (Wildman–Crippen LogP) is 4.52. The summed E-state index contributed by atoms with van der Waals surface area (Å²) in [7, 11) is 1.76. The second kappa shape index (κ2) is 8.41. The molecule has 6 nitrogen and oxygen atoms in total. The predicted molar refractivity (Wildman–Crippen MR) is 111 cm³/mol. The fourth-order valence-corrected chi connectivity index (χ4v) is 3.20. The molecule has 0 saturated heterocycles. The zero-order valence-electron chi connectivity index (χ0n) is 15.9. The normalized spacial score (nSPS) is 11.0. The number of imidazole rings is 1. The molecule has 2 heterocycles. The Hall–Kier alpha value is -3.25. The highest BCUT2D eigenvalue weighted by molar-refractivity contribution is 6.30. The first kappa shape index (κ1) is 19.1. The summed E-state index contributed by atoms with van der Waals surface area (Å²) < 4.78 is 13.1. The van der Waals surface area contributed by atoms with E-state index in [4.69, 9.17) is 20.8 Å². The first-order valence-electron chi connectivity index (χ1n) is 9.19. The Balaban J connectivity index is 1.54. The van der Waals surface area contributed by atoms with Crippen molar-refractivity contribution >= 4 is 28.5 Å². The molecule has 4 aromatic rings. The Morgan fingerprint density at radius 3 is 2.69 bits per heavy atom. The average Bonchev–Trinajstić information content (AvgIpc) is 3.35. The van der Waals surface area contributed by atoms with Crippen LogP contribution in [0.1, 0.15) is 11.6 Å². The van der Waals surface area contributed by atoms with Gasteiger partial charge in [-0.1, -0.05) is 23.7 Å². The lowest BCUT2D eigenvalue weighted by Crippen LogP contribution is -2.30. The summed E-state index contributed by atoms with van der Waals surface area (Å²) in [4.78, 5) is 19.1. The lowest BCUT2D eigenvalue weighted by atomic mass is 10.3. The van der Waals surface area contributed by atoms with Crippen molar-refractivity contribution < 1.29 is 13.9 Å². The lowest BCUT2D eigenvalue weighted by Gasteiger charge is -2.17. The van der Waals surface area contributed by atoms with Gasteiger partial charge >= 0.3 is 0 Å². The van der Waals surface area contributed by atoms with Crippen LogP contribution in [0.15, 0.2) is 71.3 Å². The molecule has 0 unspecified atom stereocenters. The summed E-state index contributed by atoms with van der Waals surface area (Å²) in [5, 5.41) is 0.648. The van der Waals surface area contributed by atoms with Gasteiger partial charge in [-0.15, -0.1) is 0 Å². The molecule has 0 fully saturated rings. The van der Waals surface area contributed by atoms with Crippen LogP contribution in [-0.2, 0) is 24.5 Å². The molecule has 0 aliphatic carbocycles. The molecular formula is C22H20ClN3O3. The maximum Gasteiger partial charge on any atom is 0.242 e. The third-order valence-electron chi connectivity index (χ3n) is 4.61. The molecule has 0 bridgehead atoms. The van der Waals surface area contributed by atoms with Gasteiger partial charge in [0.05, 0.1) is 23.8 Å². The Morgan fingerprint density at radius 1 is 1.14 bits per heavy atom. The molecule has 0 aliphatic heterocycles. The van der Waals surface area contributed by atoms with Crippen LogP contribution >= 0.6 is 11.6 Å². The number of aromatic nitrogens is 2. The number of hydrogen-bond donors (Lipinski definition) is 0. The van der Waals surface area contributed by atoms with Crippen LogP contribution in [0, 0.1) is 0 Å². The minimum Gasteiger partial charge on any atom is -0.486 e. The van der Waals surface area contributed by atoms with Crippen LogP contribution in [0.3, 0.4) is 0 Å². The molecule has 0 atom stereocenters. The maximum absolute atomic E-state index is 12.8. The quantitative estimate of drug-likeness (QED) is 0.450. The van der Waals surface area contributed by atoms with Gasteiger partial charge in [-0.25, -0.2) is 4.98 Å². The molecule has 2 aromatic carbocycles. The molecule has 0 saturated carbocycles. The van der Waals surface area contributed by atoms with E-state index in [1.807, 2.05) is 41.0 Å². The van der Waals surface area contributed by atoms with Gasteiger partial charge in [-0.05, 0) is 48.5 Å². The number of amides is 1. The molecule has 0 spiro atoms. The Kier molecular flexibility index (Phi) is 5.53. The van der Waals surface area contributed by atoms with E-state index >= 15 is 0 Å². The zero-order chi connectivity index (χ0) is 20.2. The monoisotopic (exact) mass is 409 g/mol. The summed E-state index contributed by atoms with van der Waals surface area (Å²) in [5.41, 5.74) is 1.71. The van der Waals surface area contributed by atoms with Gasteiger partial charge in [0.1, 0.15) is 30.5 Å². The van der Waals surface area contributed by atoms with E-state index in [-0.39, 0.29) is 19.1 Å². The Labute approximate surface area is 173 Å². The summed E-state index contributed by atoms with van der Waals surface area (Å²) in [5.74, 6) is 2.06. The average molecular weight is 410 g/mol. The van der Waals surface area contributed by atoms with Crippen molar-refractivity contribution in [1.82, 2.24) is 14.5 Å². The van der Waals surface area contributed by atoms with E-state index in [2.05, 4.69) is 4.98 Å². The number of furan rings is 1. The van der Waals surface area contributed by atoms with E-state index in [1.165, 1.54) is 0 Å². The number of para-hydroxylation sites is 2. The SMILES string of the molecule is CN(Cc1ccco1)C(=O)Cn1c(COc2ccc(Cl)cc2)nc2ccccc21. The number of carbonyl (C=O) groups is 1. The molecule has 0 aliphatic rings. The smallest absolute Gasteiger partial charge is 0.242 e.